The number of amides is 1. The summed E-state index contributed by atoms with van der Waals surface area (Å²) < 4.78 is 2.96. The molecule has 3 aromatic rings. The fourth-order valence-corrected chi connectivity index (χ4v) is 3.02. The maximum absolute atomic E-state index is 12.1. The first kappa shape index (κ1) is 18.1. The number of rotatable bonds is 5. The van der Waals surface area contributed by atoms with Gasteiger partial charge in [0.2, 0.25) is 5.91 Å². The van der Waals surface area contributed by atoms with Crippen LogP contribution in [0.5, 0.6) is 0 Å². The van der Waals surface area contributed by atoms with Crippen molar-refractivity contribution >= 4 is 58.1 Å². The Bertz CT molecular complexity index is 900. The number of carbonyl (C=O) groups excluding carboxylic acids is 1. The van der Waals surface area contributed by atoms with Crippen LogP contribution in [0.3, 0.4) is 0 Å². The van der Waals surface area contributed by atoms with Crippen LogP contribution in [0.1, 0.15) is 5.56 Å². The van der Waals surface area contributed by atoms with Crippen LogP contribution in [-0.4, -0.2) is 25.5 Å². The summed E-state index contributed by atoms with van der Waals surface area (Å²) in [4.78, 5) is 12.1. The lowest BCUT2D eigenvalue weighted by molar-refractivity contribution is -0.116. The Kier molecular flexibility index (Phi) is 5.54. The second kappa shape index (κ2) is 7.66. The van der Waals surface area contributed by atoms with Crippen LogP contribution in [0.15, 0.2) is 36.8 Å². The fraction of sp³-hybridized carbons (Fsp3) is 0.133. The van der Waals surface area contributed by atoms with Crippen molar-refractivity contribution in [1.82, 2.24) is 19.6 Å². The van der Waals surface area contributed by atoms with E-state index < -0.39 is 0 Å². The van der Waals surface area contributed by atoms with E-state index in [9.17, 15) is 4.79 Å². The molecule has 1 aromatic carbocycles. The van der Waals surface area contributed by atoms with Crippen LogP contribution in [0.4, 0.5) is 5.82 Å². The summed E-state index contributed by atoms with van der Waals surface area (Å²) in [5.41, 5.74) is 0.717. The van der Waals surface area contributed by atoms with Crippen molar-refractivity contribution < 1.29 is 4.79 Å². The smallest absolute Gasteiger partial charge is 0.247 e. The van der Waals surface area contributed by atoms with Crippen molar-refractivity contribution in [3.05, 3.63) is 62.4 Å². The van der Waals surface area contributed by atoms with Crippen molar-refractivity contribution in [2.24, 2.45) is 0 Å². The number of hydrogen-bond acceptors (Lipinski definition) is 3. The molecule has 25 heavy (non-hydrogen) atoms. The Labute approximate surface area is 163 Å². The third-order valence-corrected chi connectivity index (χ3v) is 4.44. The van der Waals surface area contributed by atoms with Gasteiger partial charge < -0.3 is 5.32 Å². The van der Waals surface area contributed by atoms with Crippen LogP contribution in [0.25, 0.3) is 0 Å². The fourth-order valence-electron chi connectivity index (χ4n) is 2.15. The van der Waals surface area contributed by atoms with E-state index >= 15 is 0 Å². The van der Waals surface area contributed by atoms with E-state index in [0.717, 1.165) is 0 Å². The van der Waals surface area contributed by atoms with Gasteiger partial charge in [-0.25, -0.2) is 0 Å². The number of nitrogens with zero attached hydrogens (tertiary/aromatic N) is 4. The van der Waals surface area contributed by atoms with E-state index in [-0.39, 0.29) is 18.3 Å². The van der Waals surface area contributed by atoms with E-state index in [2.05, 4.69) is 15.5 Å². The normalized spacial score (nSPS) is 10.9. The van der Waals surface area contributed by atoms with Crippen LogP contribution in [0, 0.1) is 0 Å². The topological polar surface area (TPSA) is 64.7 Å². The van der Waals surface area contributed by atoms with E-state index in [1.807, 2.05) is 0 Å². The molecule has 0 radical (unpaired) electrons. The second-order valence-corrected chi connectivity index (χ2v) is 6.79. The van der Waals surface area contributed by atoms with Gasteiger partial charge in [0, 0.05) is 28.0 Å². The van der Waals surface area contributed by atoms with Gasteiger partial charge in [-0.3, -0.25) is 14.2 Å². The highest BCUT2D eigenvalue weighted by molar-refractivity contribution is 6.36. The lowest BCUT2D eigenvalue weighted by atomic mass is 10.2. The Morgan fingerprint density at radius 2 is 1.76 bits per heavy atom. The highest BCUT2D eigenvalue weighted by Gasteiger charge is 2.13. The molecule has 1 amide bonds. The van der Waals surface area contributed by atoms with Crippen molar-refractivity contribution in [1.29, 1.82) is 0 Å². The zero-order valence-electron chi connectivity index (χ0n) is 12.6. The molecule has 0 aliphatic rings. The minimum absolute atomic E-state index is 0.00769. The monoisotopic (exact) mass is 417 g/mol. The van der Waals surface area contributed by atoms with Crippen LogP contribution in [0.2, 0.25) is 20.1 Å². The van der Waals surface area contributed by atoms with Crippen LogP contribution in [-0.2, 0) is 17.9 Å². The lowest BCUT2D eigenvalue weighted by Crippen LogP contribution is -2.19. The number of benzene rings is 1. The molecule has 6 nitrogen and oxygen atoms in total. The Balaban J connectivity index is 1.71. The summed E-state index contributed by atoms with van der Waals surface area (Å²) in [6.45, 7) is 0.315. The molecule has 2 aromatic heterocycles. The zero-order chi connectivity index (χ0) is 18.0. The molecule has 0 fully saturated rings. The molecule has 1 N–H and O–H groups in total. The number of carbonyl (C=O) groups is 1. The summed E-state index contributed by atoms with van der Waals surface area (Å²) in [5, 5.41) is 12.6. The molecule has 10 heteroatoms. The first-order valence-corrected chi connectivity index (χ1v) is 8.57. The SMILES string of the molecule is O=C(Cn1cc(Cl)cn1)Nc1nn(Cc2c(Cl)cccc2Cl)cc1Cl. The summed E-state index contributed by atoms with van der Waals surface area (Å²) >= 11 is 24.2. The summed E-state index contributed by atoms with van der Waals surface area (Å²) in [6, 6.07) is 5.25. The molecule has 0 saturated heterocycles. The number of aromatic nitrogens is 4. The van der Waals surface area contributed by atoms with Gasteiger partial charge in [0.25, 0.3) is 0 Å². The maximum Gasteiger partial charge on any atom is 0.247 e. The molecule has 0 saturated carbocycles. The lowest BCUT2D eigenvalue weighted by Gasteiger charge is -2.07. The average Bonchev–Trinajstić information content (AvgIpc) is 3.09. The minimum Gasteiger partial charge on any atom is -0.306 e. The van der Waals surface area contributed by atoms with E-state index in [4.69, 9.17) is 46.4 Å². The van der Waals surface area contributed by atoms with Gasteiger partial charge in [0.05, 0.1) is 17.8 Å². The van der Waals surface area contributed by atoms with Gasteiger partial charge in [-0.1, -0.05) is 52.5 Å². The molecular weight excluding hydrogens is 408 g/mol. The molecule has 0 bridgehead atoms. The molecule has 2 heterocycles. The number of hydrogen-bond donors (Lipinski definition) is 1. The van der Waals surface area contributed by atoms with Gasteiger partial charge in [0.1, 0.15) is 11.6 Å². The van der Waals surface area contributed by atoms with Crippen LogP contribution < -0.4 is 5.32 Å². The Morgan fingerprint density at radius 1 is 1.04 bits per heavy atom. The highest BCUT2D eigenvalue weighted by atomic mass is 35.5. The first-order chi connectivity index (χ1) is 11.9. The molecule has 130 valence electrons. The largest absolute Gasteiger partial charge is 0.306 e. The number of halogens is 4. The molecule has 0 atom stereocenters. The molecule has 0 aliphatic carbocycles. The van der Waals surface area contributed by atoms with Gasteiger partial charge >= 0.3 is 0 Å². The van der Waals surface area contributed by atoms with Crippen LogP contribution >= 0.6 is 46.4 Å². The summed E-state index contributed by atoms with van der Waals surface area (Å²) in [7, 11) is 0. The molecule has 0 spiro atoms. The third-order valence-electron chi connectivity index (χ3n) is 3.26. The van der Waals surface area contributed by atoms with Crippen molar-refractivity contribution in [3.8, 4) is 0 Å². The van der Waals surface area contributed by atoms with Gasteiger partial charge in [-0.2, -0.15) is 10.2 Å². The first-order valence-electron chi connectivity index (χ1n) is 7.06. The standard InChI is InChI=1S/C15H11Cl4N5O/c16-9-4-20-23(5-9)8-14(25)21-15-13(19)7-24(22-15)6-10-11(17)2-1-3-12(10)18/h1-5,7H,6,8H2,(H,21,22,25). The third kappa shape index (κ3) is 4.46. The molecular formula is C15H11Cl4N5O. The predicted octanol–water partition coefficient (Wildman–Crippen LogP) is 4.38. The van der Waals surface area contributed by atoms with E-state index in [1.54, 1.807) is 35.3 Å². The average molecular weight is 419 g/mol. The van der Waals surface area contributed by atoms with E-state index in [1.165, 1.54) is 10.9 Å². The molecule has 0 unspecified atom stereocenters. The van der Waals surface area contributed by atoms with E-state index in [0.29, 0.717) is 32.2 Å². The van der Waals surface area contributed by atoms with Crippen molar-refractivity contribution in [3.63, 3.8) is 0 Å². The van der Waals surface area contributed by atoms with Gasteiger partial charge in [-0.15, -0.1) is 0 Å². The Hall–Kier alpha value is -1.73. The van der Waals surface area contributed by atoms with Crippen molar-refractivity contribution in [2.75, 3.05) is 5.32 Å². The zero-order valence-corrected chi connectivity index (χ0v) is 15.6. The summed E-state index contributed by atoms with van der Waals surface area (Å²) in [6.07, 6.45) is 4.58. The molecule has 3 rings (SSSR count). The second-order valence-electron chi connectivity index (χ2n) is 5.13. The number of anilines is 1. The minimum atomic E-state index is -0.331. The predicted molar refractivity (Wildman–Crippen MR) is 98.7 cm³/mol. The number of nitrogens with one attached hydrogen (secondary N) is 1. The quantitative estimate of drug-likeness (QED) is 0.668. The summed E-state index contributed by atoms with van der Waals surface area (Å²) in [5.74, 6) is -0.0872. The Morgan fingerprint density at radius 3 is 2.40 bits per heavy atom. The van der Waals surface area contributed by atoms with Gasteiger partial charge in [0.15, 0.2) is 5.82 Å². The maximum atomic E-state index is 12.1. The van der Waals surface area contributed by atoms with Gasteiger partial charge in [-0.05, 0) is 12.1 Å². The highest BCUT2D eigenvalue weighted by Crippen LogP contribution is 2.26. The van der Waals surface area contributed by atoms with Crippen molar-refractivity contribution in [2.45, 2.75) is 13.1 Å². The molecule has 0 aliphatic heterocycles.